The summed E-state index contributed by atoms with van der Waals surface area (Å²) in [6.45, 7) is 0.969. The number of imidazole rings is 1. The van der Waals surface area contributed by atoms with Crippen molar-refractivity contribution in [2.45, 2.75) is 16.7 Å². The highest BCUT2D eigenvalue weighted by Crippen LogP contribution is 2.37. The molecule has 1 unspecified atom stereocenters. The summed E-state index contributed by atoms with van der Waals surface area (Å²) in [5.74, 6) is 0.486. The maximum Gasteiger partial charge on any atom is 0.252 e. The molecular weight excluding hydrogens is 372 g/mol. The second-order valence-electron chi connectivity index (χ2n) is 5.99. The second-order valence-corrected chi connectivity index (χ2v) is 9.24. The minimum Gasteiger partial charge on any atom is -0.481 e. The fraction of sp³-hybridized carbons (Fsp3) is 0.294. The molecule has 0 saturated carbocycles. The molecular formula is C17H18N4O3S2. The number of hydrogen-bond donors (Lipinski definition) is 0. The molecule has 0 aliphatic carbocycles. The van der Waals surface area contributed by atoms with Crippen LogP contribution in [0.3, 0.4) is 0 Å². The number of rotatable bonds is 5. The van der Waals surface area contributed by atoms with Crippen molar-refractivity contribution in [1.82, 2.24) is 18.8 Å². The van der Waals surface area contributed by atoms with Gasteiger partial charge in [0.15, 0.2) is 0 Å². The molecule has 0 spiro atoms. The van der Waals surface area contributed by atoms with Gasteiger partial charge in [0.25, 0.3) is 10.0 Å². The summed E-state index contributed by atoms with van der Waals surface area (Å²) in [5, 5.41) is 0. The lowest BCUT2D eigenvalue weighted by Crippen LogP contribution is -2.28. The molecule has 1 aliphatic heterocycles. The first-order chi connectivity index (χ1) is 12.6. The zero-order valence-corrected chi connectivity index (χ0v) is 15.8. The first-order valence-corrected chi connectivity index (χ1v) is 10.4. The Labute approximate surface area is 155 Å². The Hall–Kier alpha value is -2.23. The van der Waals surface area contributed by atoms with E-state index >= 15 is 0 Å². The van der Waals surface area contributed by atoms with Gasteiger partial charge in [0.05, 0.1) is 19.0 Å². The number of hydrogen-bond acceptors (Lipinski definition) is 6. The Morgan fingerprint density at radius 2 is 2.15 bits per heavy atom. The minimum atomic E-state index is -3.51. The highest BCUT2D eigenvalue weighted by atomic mass is 32.2. The summed E-state index contributed by atoms with van der Waals surface area (Å²) in [5.41, 5.74) is 0.791. The van der Waals surface area contributed by atoms with E-state index in [1.54, 1.807) is 42.3 Å². The van der Waals surface area contributed by atoms with Crippen LogP contribution in [0.4, 0.5) is 0 Å². The van der Waals surface area contributed by atoms with Gasteiger partial charge in [-0.15, -0.1) is 11.3 Å². The lowest BCUT2D eigenvalue weighted by molar-refractivity contribution is 0.400. The average molecular weight is 390 g/mol. The molecule has 4 heterocycles. The van der Waals surface area contributed by atoms with Gasteiger partial charge in [-0.05, 0) is 30.7 Å². The monoisotopic (exact) mass is 390 g/mol. The smallest absolute Gasteiger partial charge is 0.252 e. The average Bonchev–Trinajstić information content (AvgIpc) is 3.42. The third-order valence-corrected chi connectivity index (χ3v) is 7.93. The number of aromatic nitrogens is 3. The molecule has 0 radical (unpaired) electrons. The Kier molecular flexibility index (Phi) is 4.51. The highest BCUT2D eigenvalue weighted by Gasteiger charge is 2.34. The zero-order valence-electron chi connectivity index (χ0n) is 14.1. The Morgan fingerprint density at radius 3 is 2.92 bits per heavy atom. The van der Waals surface area contributed by atoms with E-state index in [4.69, 9.17) is 4.74 Å². The molecule has 1 atom stereocenters. The van der Waals surface area contributed by atoms with E-state index in [1.807, 2.05) is 22.9 Å². The molecule has 0 bridgehead atoms. The van der Waals surface area contributed by atoms with Crippen LogP contribution in [0.15, 0.2) is 53.4 Å². The van der Waals surface area contributed by atoms with Crippen molar-refractivity contribution < 1.29 is 13.2 Å². The zero-order chi connectivity index (χ0) is 18.1. The van der Waals surface area contributed by atoms with Gasteiger partial charge in [-0.25, -0.2) is 18.4 Å². The maximum absolute atomic E-state index is 13.0. The van der Waals surface area contributed by atoms with Gasteiger partial charge in [-0.3, -0.25) is 0 Å². The molecule has 3 aromatic heterocycles. The first-order valence-electron chi connectivity index (χ1n) is 8.16. The first kappa shape index (κ1) is 17.2. The summed E-state index contributed by atoms with van der Waals surface area (Å²) in [6.07, 6.45) is 7.75. The topological polar surface area (TPSA) is 77.3 Å². The van der Waals surface area contributed by atoms with Gasteiger partial charge in [0.1, 0.15) is 4.21 Å². The summed E-state index contributed by atoms with van der Waals surface area (Å²) in [6, 6.07) is 7.28. The predicted octanol–water partition coefficient (Wildman–Crippen LogP) is 2.65. The van der Waals surface area contributed by atoms with Crippen molar-refractivity contribution in [3.8, 4) is 16.3 Å². The molecule has 1 aliphatic rings. The number of sulfonamides is 1. The van der Waals surface area contributed by atoms with Crippen LogP contribution in [0.2, 0.25) is 0 Å². The van der Waals surface area contributed by atoms with Crippen molar-refractivity contribution in [2.24, 2.45) is 0 Å². The lowest BCUT2D eigenvalue weighted by Gasteiger charge is -2.15. The van der Waals surface area contributed by atoms with Crippen LogP contribution in [-0.4, -0.2) is 47.5 Å². The quantitative estimate of drug-likeness (QED) is 0.669. The van der Waals surface area contributed by atoms with Gasteiger partial charge >= 0.3 is 0 Å². The summed E-state index contributed by atoms with van der Waals surface area (Å²) < 4.78 is 35.2. The second kappa shape index (κ2) is 6.82. The third-order valence-electron chi connectivity index (χ3n) is 4.48. The van der Waals surface area contributed by atoms with Crippen molar-refractivity contribution in [1.29, 1.82) is 0 Å². The number of nitrogens with zero attached hydrogens (tertiary/aromatic N) is 4. The van der Waals surface area contributed by atoms with Crippen molar-refractivity contribution in [3.63, 3.8) is 0 Å². The van der Waals surface area contributed by atoms with Crippen molar-refractivity contribution in [2.75, 3.05) is 20.2 Å². The van der Waals surface area contributed by atoms with E-state index in [-0.39, 0.29) is 6.04 Å². The van der Waals surface area contributed by atoms with E-state index < -0.39 is 10.0 Å². The van der Waals surface area contributed by atoms with Gasteiger partial charge < -0.3 is 9.30 Å². The third kappa shape index (κ3) is 3.02. The Morgan fingerprint density at radius 1 is 1.27 bits per heavy atom. The molecule has 3 aromatic rings. The van der Waals surface area contributed by atoms with Crippen LogP contribution in [0.25, 0.3) is 10.4 Å². The van der Waals surface area contributed by atoms with E-state index in [1.165, 1.54) is 11.3 Å². The molecule has 0 amide bonds. The van der Waals surface area contributed by atoms with Gasteiger partial charge in [-0.2, -0.15) is 4.31 Å². The number of methoxy groups -OCH3 is 1. The molecule has 136 valence electrons. The fourth-order valence-electron chi connectivity index (χ4n) is 3.13. The molecule has 7 nitrogen and oxygen atoms in total. The van der Waals surface area contributed by atoms with Gasteiger partial charge in [-0.1, -0.05) is 0 Å². The maximum atomic E-state index is 13.0. The lowest BCUT2D eigenvalue weighted by atomic mass is 10.2. The normalized spacial score (nSPS) is 18.3. The van der Waals surface area contributed by atoms with Crippen LogP contribution in [0.5, 0.6) is 5.88 Å². The molecule has 0 aromatic carbocycles. The number of pyridine rings is 1. The Balaban J connectivity index is 1.59. The highest BCUT2D eigenvalue weighted by molar-refractivity contribution is 7.91. The fourth-order valence-corrected chi connectivity index (χ4v) is 6.10. The van der Waals surface area contributed by atoms with Crippen LogP contribution in [-0.2, 0) is 10.0 Å². The van der Waals surface area contributed by atoms with E-state index in [0.717, 1.165) is 16.9 Å². The van der Waals surface area contributed by atoms with Crippen LogP contribution < -0.4 is 4.74 Å². The largest absolute Gasteiger partial charge is 0.481 e. The molecule has 1 fully saturated rings. The predicted molar refractivity (Wildman–Crippen MR) is 98.7 cm³/mol. The molecule has 9 heteroatoms. The standard InChI is InChI=1S/C17H18N4O3S2/c1-24-17-14(3-2-7-19-17)15-4-5-16(25-15)26(22,23)21-9-6-13(11-21)20-10-8-18-12-20/h2-5,7-8,10,12-13H,6,9,11H2,1H3. The van der Waals surface area contributed by atoms with E-state index in [9.17, 15) is 8.42 Å². The minimum absolute atomic E-state index is 0.130. The van der Waals surface area contributed by atoms with E-state index in [0.29, 0.717) is 23.2 Å². The van der Waals surface area contributed by atoms with Crippen LogP contribution >= 0.6 is 11.3 Å². The summed E-state index contributed by atoms with van der Waals surface area (Å²) >= 11 is 1.24. The van der Waals surface area contributed by atoms with Crippen LogP contribution in [0.1, 0.15) is 12.5 Å². The van der Waals surface area contributed by atoms with Crippen molar-refractivity contribution in [3.05, 3.63) is 49.2 Å². The van der Waals surface area contributed by atoms with Gasteiger partial charge in [0.2, 0.25) is 5.88 Å². The van der Waals surface area contributed by atoms with Crippen LogP contribution in [0, 0.1) is 0 Å². The summed E-state index contributed by atoms with van der Waals surface area (Å²) in [7, 11) is -1.96. The van der Waals surface area contributed by atoms with E-state index in [2.05, 4.69) is 9.97 Å². The SMILES string of the molecule is COc1ncccc1-c1ccc(S(=O)(=O)N2CCC(n3ccnc3)C2)s1. The summed E-state index contributed by atoms with van der Waals surface area (Å²) in [4.78, 5) is 9.04. The number of ether oxygens (including phenoxy) is 1. The molecule has 26 heavy (non-hydrogen) atoms. The molecule has 1 saturated heterocycles. The number of thiophene rings is 1. The molecule has 4 rings (SSSR count). The van der Waals surface area contributed by atoms with Crippen molar-refractivity contribution >= 4 is 21.4 Å². The molecule has 0 N–H and O–H groups in total. The van der Waals surface area contributed by atoms with Gasteiger partial charge in [0, 0.05) is 42.6 Å². The Bertz CT molecular complexity index is 999.